The van der Waals surface area contributed by atoms with Gasteiger partial charge in [-0.2, -0.15) is 0 Å². The van der Waals surface area contributed by atoms with Crippen molar-refractivity contribution in [2.75, 3.05) is 0 Å². The summed E-state index contributed by atoms with van der Waals surface area (Å²) in [5, 5.41) is 8.46. The molecule has 0 radical (unpaired) electrons. The molecule has 4 nitrogen and oxygen atoms in total. The van der Waals surface area contributed by atoms with E-state index >= 15 is 0 Å². The van der Waals surface area contributed by atoms with Gasteiger partial charge in [-0.05, 0) is 0 Å². The lowest BCUT2D eigenvalue weighted by Crippen LogP contribution is -2.31. The van der Waals surface area contributed by atoms with Crippen molar-refractivity contribution in [1.82, 2.24) is 0 Å². The van der Waals surface area contributed by atoms with Crippen LogP contribution in [-0.2, 0) is 14.4 Å². The second-order valence-electron chi connectivity index (χ2n) is 2.39. The number of hydrogen-bond acceptors (Lipinski definition) is 3. The Hall–Kier alpha value is -1.71. The van der Waals surface area contributed by atoms with Crippen molar-refractivity contribution in [1.29, 1.82) is 0 Å². The topological polar surface area (TPSA) is 71.4 Å². The quantitative estimate of drug-likeness (QED) is 0.337. The zero-order valence-electron chi connectivity index (χ0n) is 6.11. The number of carboxylic acids is 1. The van der Waals surface area contributed by atoms with Crippen LogP contribution in [-0.4, -0.2) is 22.6 Å². The lowest BCUT2D eigenvalue weighted by atomic mass is 9.91. The number of aliphatic carboxylic acids is 1. The molecular formula is C8H6O4. The van der Waals surface area contributed by atoms with Gasteiger partial charge in [0.05, 0.1) is 0 Å². The third kappa shape index (κ3) is 1.18. The Balaban J connectivity index is 3.04. The summed E-state index contributed by atoms with van der Waals surface area (Å²) >= 11 is 0. The first-order valence-corrected chi connectivity index (χ1v) is 3.22. The van der Waals surface area contributed by atoms with Crippen molar-refractivity contribution in [2.45, 2.75) is 0 Å². The maximum absolute atomic E-state index is 10.9. The second kappa shape index (κ2) is 2.73. The van der Waals surface area contributed by atoms with Crippen LogP contribution in [0.1, 0.15) is 0 Å². The lowest BCUT2D eigenvalue weighted by Gasteiger charge is -2.10. The fraction of sp³-hybridized carbons (Fsp3) is 0.125. The summed E-state index contributed by atoms with van der Waals surface area (Å²) < 4.78 is 0. The van der Waals surface area contributed by atoms with Crippen molar-refractivity contribution >= 4 is 17.5 Å². The maximum atomic E-state index is 10.9. The van der Waals surface area contributed by atoms with Crippen LogP contribution in [0.5, 0.6) is 0 Å². The SMILES string of the molecule is C=C1C=CC(C(=O)O)C(=O)C1=O. The van der Waals surface area contributed by atoms with Gasteiger partial charge >= 0.3 is 5.97 Å². The average molecular weight is 166 g/mol. The van der Waals surface area contributed by atoms with Gasteiger partial charge in [-0.1, -0.05) is 18.7 Å². The molecule has 0 aromatic heterocycles. The summed E-state index contributed by atoms with van der Waals surface area (Å²) in [5.74, 6) is -4.38. The predicted octanol–water partition coefficient (Wildman–Crippen LogP) is -0.0486. The number of ketones is 2. The molecular weight excluding hydrogens is 160 g/mol. The third-order valence-corrected chi connectivity index (χ3v) is 1.55. The number of rotatable bonds is 1. The molecule has 1 rings (SSSR count). The summed E-state index contributed by atoms with van der Waals surface area (Å²) in [7, 11) is 0. The third-order valence-electron chi connectivity index (χ3n) is 1.55. The Morgan fingerprint density at radius 2 is 2.08 bits per heavy atom. The molecule has 0 heterocycles. The molecule has 12 heavy (non-hydrogen) atoms. The maximum Gasteiger partial charge on any atom is 0.318 e. The van der Waals surface area contributed by atoms with E-state index in [2.05, 4.69) is 6.58 Å². The molecule has 1 aliphatic rings. The molecule has 0 bridgehead atoms. The van der Waals surface area contributed by atoms with Crippen molar-refractivity contribution in [3.63, 3.8) is 0 Å². The zero-order chi connectivity index (χ0) is 9.30. The molecule has 0 aliphatic heterocycles. The van der Waals surface area contributed by atoms with Crippen molar-refractivity contribution in [3.8, 4) is 0 Å². The minimum absolute atomic E-state index is 0.0394. The molecule has 0 fully saturated rings. The van der Waals surface area contributed by atoms with Gasteiger partial charge < -0.3 is 5.11 Å². The molecule has 1 unspecified atom stereocenters. The highest BCUT2D eigenvalue weighted by Crippen LogP contribution is 2.13. The van der Waals surface area contributed by atoms with Crippen LogP contribution in [0.3, 0.4) is 0 Å². The fourth-order valence-corrected chi connectivity index (χ4v) is 0.869. The average Bonchev–Trinajstić information content (AvgIpc) is 2.00. The number of carboxylic acid groups (broad SMARTS) is 1. The molecule has 0 aromatic carbocycles. The van der Waals surface area contributed by atoms with Gasteiger partial charge in [0.15, 0.2) is 0 Å². The molecule has 0 spiro atoms. The van der Waals surface area contributed by atoms with Crippen molar-refractivity contribution < 1.29 is 19.5 Å². The Labute approximate surface area is 68.2 Å². The standard InChI is InChI=1S/C8H6O4/c1-4-2-3-5(8(11)12)7(10)6(4)9/h2-3,5H,1H2,(H,11,12). The first kappa shape index (κ1) is 8.39. The molecule has 0 aromatic rings. The largest absolute Gasteiger partial charge is 0.480 e. The molecule has 0 saturated heterocycles. The normalized spacial score (nSPS) is 23.0. The van der Waals surface area contributed by atoms with Gasteiger partial charge in [0.2, 0.25) is 11.6 Å². The van der Waals surface area contributed by atoms with Crippen LogP contribution in [0.2, 0.25) is 0 Å². The van der Waals surface area contributed by atoms with E-state index in [9.17, 15) is 14.4 Å². The van der Waals surface area contributed by atoms with Crippen LogP contribution in [0.4, 0.5) is 0 Å². The number of carbonyl (C=O) groups is 3. The molecule has 62 valence electrons. The highest BCUT2D eigenvalue weighted by atomic mass is 16.4. The Morgan fingerprint density at radius 1 is 1.50 bits per heavy atom. The van der Waals surface area contributed by atoms with E-state index in [1.165, 1.54) is 6.08 Å². The van der Waals surface area contributed by atoms with Crippen LogP contribution in [0.15, 0.2) is 24.3 Å². The summed E-state index contributed by atoms with van der Waals surface area (Å²) in [6, 6.07) is 0. The minimum Gasteiger partial charge on any atom is -0.480 e. The highest BCUT2D eigenvalue weighted by Gasteiger charge is 2.32. The van der Waals surface area contributed by atoms with E-state index in [4.69, 9.17) is 5.11 Å². The Morgan fingerprint density at radius 3 is 2.58 bits per heavy atom. The summed E-state index contributed by atoms with van der Waals surface area (Å²) in [5.41, 5.74) is 0.0394. The van der Waals surface area contributed by atoms with E-state index in [0.717, 1.165) is 6.08 Å². The molecule has 0 amide bonds. The second-order valence-corrected chi connectivity index (χ2v) is 2.39. The van der Waals surface area contributed by atoms with Gasteiger partial charge in [0.1, 0.15) is 5.92 Å². The predicted molar refractivity (Wildman–Crippen MR) is 39.4 cm³/mol. The lowest BCUT2D eigenvalue weighted by molar-refractivity contribution is -0.147. The number of hydrogen-bond donors (Lipinski definition) is 1. The van der Waals surface area contributed by atoms with Gasteiger partial charge in [0, 0.05) is 5.57 Å². The summed E-state index contributed by atoms with van der Waals surface area (Å²) in [6.07, 6.45) is 2.41. The van der Waals surface area contributed by atoms with Gasteiger partial charge in [-0.15, -0.1) is 0 Å². The fourth-order valence-electron chi connectivity index (χ4n) is 0.869. The zero-order valence-corrected chi connectivity index (χ0v) is 6.11. The minimum atomic E-state index is -1.33. The summed E-state index contributed by atoms with van der Waals surface area (Å²) in [6.45, 7) is 3.29. The van der Waals surface area contributed by atoms with E-state index < -0.39 is 23.5 Å². The van der Waals surface area contributed by atoms with Crippen molar-refractivity contribution in [3.05, 3.63) is 24.3 Å². The van der Waals surface area contributed by atoms with Gasteiger partial charge in [0.25, 0.3) is 0 Å². The summed E-state index contributed by atoms with van der Waals surface area (Å²) in [4.78, 5) is 32.2. The number of carbonyl (C=O) groups excluding carboxylic acids is 2. The van der Waals surface area contributed by atoms with E-state index in [-0.39, 0.29) is 5.57 Å². The Bertz CT molecular complexity index is 311. The van der Waals surface area contributed by atoms with Crippen LogP contribution in [0, 0.1) is 5.92 Å². The van der Waals surface area contributed by atoms with Crippen LogP contribution in [0.25, 0.3) is 0 Å². The van der Waals surface area contributed by atoms with Gasteiger partial charge in [-0.25, -0.2) is 0 Å². The molecule has 1 N–H and O–H groups in total. The van der Waals surface area contributed by atoms with E-state index in [1.807, 2.05) is 0 Å². The smallest absolute Gasteiger partial charge is 0.318 e. The van der Waals surface area contributed by atoms with E-state index in [0.29, 0.717) is 0 Å². The molecule has 0 saturated carbocycles. The monoisotopic (exact) mass is 166 g/mol. The molecule has 4 heteroatoms. The first-order chi connectivity index (χ1) is 5.54. The van der Waals surface area contributed by atoms with Crippen LogP contribution >= 0.6 is 0 Å². The Kier molecular flexibility index (Phi) is 1.91. The number of allylic oxidation sites excluding steroid dienone is 2. The first-order valence-electron chi connectivity index (χ1n) is 3.22. The van der Waals surface area contributed by atoms with E-state index in [1.54, 1.807) is 0 Å². The van der Waals surface area contributed by atoms with Crippen LogP contribution < -0.4 is 0 Å². The van der Waals surface area contributed by atoms with Crippen molar-refractivity contribution in [2.24, 2.45) is 5.92 Å². The highest BCUT2D eigenvalue weighted by molar-refractivity contribution is 6.48. The molecule has 1 atom stereocenters. The number of Topliss-reactive ketones (excluding diaryl/α,β-unsaturated/α-hetero) is 2. The van der Waals surface area contributed by atoms with Gasteiger partial charge in [-0.3, -0.25) is 14.4 Å². The molecule has 1 aliphatic carbocycles.